The van der Waals surface area contributed by atoms with Crippen LogP contribution in [0.5, 0.6) is 0 Å². The van der Waals surface area contributed by atoms with Gasteiger partial charge >= 0.3 is 0 Å². The number of rotatable bonds is 3. The molecule has 2 unspecified atom stereocenters. The van der Waals surface area contributed by atoms with E-state index in [-0.39, 0.29) is 17.8 Å². The van der Waals surface area contributed by atoms with Crippen molar-refractivity contribution in [2.45, 2.75) is 44.2 Å². The second-order valence-electron chi connectivity index (χ2n) is 6.79. The van der Waals surface area contributed by atoms with Gasteiger partial charge in [-0.1, -0.05) is 24.3 Å². The lowest BCUT2D eigenvalue weighted by Gasteiger charge is -2.30. The molecular weight excluding hydrogens is 291 g/mol. The number of hydrogen-bond acceptors (Lipinski definition) is 2. The maximum Gasteiger partial charge on any atom is 0.129 e. The molecule has 1 aliphatic heterocycles. The van der Waals surface area contributed by atoms with Gasteiger partial charge in [-0.25, -0.2) is 9.37 Å². The molecule has 0 radical (unpaired) electrons. The summed E-state index contributed by atoms with van der Waals surface area (Å²) < 4.78 is 16.4. The van der Waals surface area contributed by atoms with Crippen LogP contribution in [-0.4, -0.2) is 20.8 Å². The van der Waals surface area contributed by atoms with Gasteiger partial charge in [-0.15, -0.1) is 0 Å². The van der Waals surface area contributed by atoms with E-state index in [1.165, 1.54) is 11.6 Å². The van der Waals surface area contributed by atoms with Gasteiger partial charge in [-0.05, 0) is 44.1 Å². The second kappa shape index (κ2) is 5.60. The number of hydrogen-bond donors (Lipinski definition) is 1. The Balaban J connectivity index is 1.61. The van der Waals surface area contributed by atoms with Gasteiger partial charge < -0.3 is 9.67 Å². The lowest BCUT2D eigenvalue weighted by molar-refractivity contribution is 0.0743. The van der Waals surface area contributed by atoms with E-state index in [0.29, 0.717) is 12.0 Å². The van der Waals surface area contributed by atoms with E-state index in [2.05, 4.69) is 11.6 Å². The Labute approximate surface area is 135 Å². The number of allylic oxidation sites excluding steroid dienone is 1. The molecule has 0 spiro atoms. The molecule has 2 heterocycles. The highest BCUT2D eigenvalue weighted by atomic mass is 19.1. The number of aromatic nitrogens is 2. The van der Waals surface area contributed by atoms with Gasteiger partial charge in [-0.2, -0.15) is 0 Å². The van der Waals surface area contributed by atoms with Crippen molar-refractivity contribution in [3.63, 3.8) is 0 Å². The molecule has 0 bridgehead atoms. The van der Waals surface area contributed by atoms with Gasteiger partial charge in [0, 0.05) is 11.1 Å². The highest BCUT2D eigenvalue weighted by Gasteiger charge is 2.34. The lowest BCUT2D eigenvalue weighted by atomic mass is 9.80. The minimum Gasteiger partial charge on any atom is -0.393 e. The summed E-state index contributed by atoms with van der Waals surface area (Å²) in [6, 6.07) is 5.01. The molecule has 1 aliphatic carbocycles. The summed E-state index contributed by atoms with van der Waals surface area (Å²) in [5, 5.41) is 10.7. The van der Waals surface area contributed by atoms with E-state index in [0.717, 1.165) is 36.9 Å². The summed E-state index contributed by atoms with van der Waals surface area (Å²) in [6.07, 6.45) is 7.58. The number of aliphatic hydroxyl groups excluding tert-OH is 1. The van der Waals surface area contributed by atoms with Crippen molar-refractivity contribution in [2.75, 3.05) is 0 Å². The molecule has 1 saturated carbocycles. The molecular formula is C19H21FN2O. The summed E-state index contributed by atoms with van der Waals surface area (Å²) in [4.78, 5) is 4.20. The maximum atomic E-state index is 14.4. The predicted molar refractivity (Wildman–Crippen MR) is 87.5 cm³/mol. The van der Waals surface area contributed by atoms with Crippen LogP contribution in [-0.2, 0) is 0 Å². The second-order valence-corrected chi connectivity index (χ2v) is 6.79. The lowest BCUT2D eigenvalue weighted by Crippen LogP contribution is -2.26. The average Bonchev–Trinajstić information content (AvgIpc) is 3.12. The van der Waals surface area contributed by atoms with Crippen LogP contribution in [0.15, 0.2) is 42.9 Å². The minimum atomic E-state index is -0.422. The quantitative estimate of drug-likeness (QED) is 0.867. The summed E-state index contributed by atoms with van der Waals surface area (Å²) in [7, 11) is 0. The normalized spacial score (nSPS) is 22.0. The van der Waals surface area contributed by atoms with Gasteiger partial charge in [0.25, 0.3) is 0 Å². The van der Waals surface area contributed by atoms with Crippen LogP contribution in [0.1, 0.15) is 43.7 Å². The van der Waals surface area contributed by atoms with Crippen LogP contribution in [0.25, 0.3) is 11.3 Å². The Hall–Kier alpha value is -1.94. The number of imidazole rings is 1. The first kappa shape index (κ1) is 14.6. The molecule has 23 heavy (non-hydrogen) atoms. The zero-order chi connectivity index (χ0) is 16.0. The topological polar surface area (TPSA) is 38.1 Å². The number of fused-ring (bicyclic) bond motifs is 3. The Kier molecular flexibility index (Phi) is 3.57. The fraction of sp³-hybridized carbons (Fsp3) is 0.421. The number of halogens is 1. The van der Waals surface area contributed by atoms with Crippen LogP contribution < -0.4 is 0 Å². The molecule has 4 rings (SSSR count). The van der Waals surface area contributed by atoms with Gasteiger partial charge in [0.15, 0.2) is 0 Å². The first-order valence-corrected chi connectivity index (χ1v) is 8.30. The summed E-state index contributed by atoms with van der Waals surface area (Å²) in [5.41, 5.74) is 3.82. The third-order valence-electron chi connectivity index (χ3n) is 5.41. The van der Waals surface area contributed by atoms with Crippen LogP contribution >= 0.6 is 0 Å². The summed E-state index contributed by atoms with van der Waals surface area (Å²) in [6.45, 7) is 4.03. The largest absolute Gasteiger partial charge is 0.393 e. The first-order chi connectivity index (χ1) is 11.1. The Morgan fingerprint density at radius 2 is 2.13 bits per heavy atom. The fourth-order valence-corrected chi connectivity index (χ4v) is 4.09. The van der Waals surface area contributed by atoms with Crippen molar-refractivity contribution in [1.82, 2.24) is 9.55 Å². The van der Waals surface area contributed by atoms with Crippen molar-refractivity contribution in [3.8, 4) is 11.3 Å². The molecule has 1 N–H and O–H groups in total. The van der Waals surface area contributed by atoms with Gasteiger partial charge in [-0.3, -0.25) is 0 Å². The molecule has 0 amide bonds. The monoisotopic (exact) mass is 312 g/mol. The highest BCUT2D eigenvalue weighted by molar-refractivity contribution is 5.69. The van der Waals surface area contributed by atoms with Crippen molar-refractivity contribution in [1.29, 1.82) is 0 Å². The molecule has 1 aromatic carbocycles. The van der Waals surface area contributed by atoms with E-state index in [9.17, 15) is 9.50 Å². The van der Waals surface area contributed by atoms with Gasteiger partial charge in [0.2, 0.25) is 0 Å². The highest BCUT2D eigenvalue weighted by Crippen LogP contribution is 2.44. The van der Waals surface area contributed by atoms with Gasteiger partial charge in [0.05, 0.1) is 30.4 Å². The number of benzene rings is 1. The number of aliphatic hydroxyl groups is 1. The molecule has 1 aromatic heterocycles. The zero-order valence-electron chi connectivity index (χ0n) is 13.1. The third-order valence-corrected chi connectivity index (χ3v) is 5.41. The third kappa shape index (κ3) is 2.41. The van der Waals surface area contributed by atoms with Crippen LogP contribution in [0.2, 0.25) is 0 Å². The zero-order valence-corrected chi connectivity index (χ0v) is 13.1. The van der Waals surface area contributed by atoms with Gasteiger partial charge in [0.1, 0.15) is 5.82 Å². The van der Waals surface area contributed by atoms with Crippen LogP contribution in [0, 0.1) is 11.7 Å². The number of nitrogens with zero attached hydrogens (tertiary/aromatic N) is 2. The summed E-state index contributed by atoms with van der Waals surface area (Å²) >= 11 is 0. The Bertz CT molecular complexity index is 742. The molecule has 0 saturated heterocycles. The Morgan fingerprint density at radius 1 is 1.35 bits per heavy atom. The fourth-order valence-electron chi connectivity index (χ4n) is 4.09. The maximum absolute atomic E-state index is 14.4. The predicted octanol–water partition coefficient (Wildman–Crippen LogP) is 4.09. The smallest absolute Gasteiger partial charge is 0.129 e. The van der Waals surface area contributed by atoms with Crippen molar-refractivity contribution in [2.24, 2.45) is 5.92 Å². The van der Waals surface area contributed by atoms with Crippen LogP contribution in [0.3, 0.4) is 0 Å². The van der Waals surface area contributed by atoms with E-state index >= 15 is 0 Å². The molecule has 2 aliphatic rings. The standard InChI is InChI=1S/C19H21FN2O/c1-12-5-7-13(8-6-12)18(23)9-16-19-14(3-2-4-15(19)20)17-10-21-11-22(16)17/h2-4,10-11,13,16,18,23H,1,5-9H2. The van der Waals surface area contributed by atoms with E-state index in [4.69, 9.17) is 0 Å². The van der Waals surface area contributed by atoms with Crippen molar-refractivity contribution in [3.05, 3.63) is 54.3 Å². The van der Waals surface area contributed by atoms with E-state index < -0.39 is 6.10 Å². The molecule has 4 heteroatoms. The van der Waals surface area contributed by atoms with E-state index in [1.54, 1.807) is 18.6 Å². The molecule has 2 atom stereocenters. The Morgan fingerprint density at radius 3 is 2.91 bits per heavy atom. The van der Waals surface area contributed by atoms with Crippen molar-refractivity contribution < 1.29 is 9.50 Å². The molecule has 1 fully saturated rings. The van der Waals surface area contributed by atoms with Crippen molar-refractivity contribution >= 4 is 0 Å². The first-order valence-electron chi connectivity index (χ1n) is 8.30. The molecule has 2 aromatic rings. The summed E-state index contributed by atoms with van der Waals surface area (Å²) in [5.74, 6) is 0.0868. The molecule has 120 valence electrons. The van der Waals surface area contributed by atoms with E-state index in [1.807, 2.05) is 10.6 Å². The van der Waals surface area contributed by atoms with Crippen LogP contribution in [0.4, 0.5) is 4.39 Å². The minimum absolute atomic E-state index is 0.163. The molecule has 3 nitrogen and oxygen atoms in total. The average molecular weight is 312 g/mol. The SMILES string of the molecule is C=C1CCC(C(O)CC2c3c(F)cccc3-c3cncn32)CC1.